The van der Waals surface area contributed by atoms with Crippen molar-refractivity contribution in [2.24, 2.45) is 0 Å². The number of carbonyl (C=O) groups excluding carboxylic acids is 1. The molecule has 1 N–H and O–H groups in total. The van der Waals surface area contributed by atoms with Gasteiger partial charge in [-0.15, -0.1) is 0 Å². The fourth-order valence-electron chi connectivity index (χ4n) is 3.63. The lowest BCUT2D eigenvalue weighted by atomic mass is 9.81. The summed E-state index contributed by atoms with van der Waals surface area (Å²) in [6.07, 6.45) is -4.75. The number of halogens is 4. The van der Waals surface area contributed by atoms with Crippen LogP contribution >= 0.6 is 0 Å². The van der Waals surface area contributed by atoms with Gasteiger partial charge in [0.25, 0.3) is 0 Å². The van der Waals surface area contributed by atoms with Gasteiger partial charge in [0, 0.05) is 24.7 Å². The number of nitrogens with zero attached hydrogens (tertiary/aromatic N) is 2. The van der Waals surface area contributed by atoms with E-state index in [1.165, 1.54) is 17.2 Å². The molecule has 28 heavy (non-hydrogen) atoms. The average molecular weight is 406 g/mol. The van der Waals surface area contributed by atoms with Crippen LogP contribution in [-0.4, -0.2) is 65.3 Å². The van der Waals surface area contributed by atoms with Gasteiger partial charge < -0.3 is 19.5 Å². The van der Waals surface area contributed by atoms with Crippen LogP contribution in [0.15, 0.2) is 18.3 Å². The summed E-state index contributed by atoms with van der Waals surface area (Å²) in [5, 5.41) is 8.78. The molecule has 2 atom stereocenters. The first-order valence-electron chi connectivity index (χ1n) is 9.11. The van der Waals surface area contributed by atoms with Crippen LogP contribution in [0.5, 0.6) is 0 Å². The molecule has 3 rings (SSSR count). The number of piperidine rings is 1. The van der Waals surface area contributed by atoms with Gasteiger partial charge in [0.05, 0.1) is 25.0 Å². The molecule has 2 fully saturated rings. The first-order chi connectivity index (χ1) is 13.2. The fraction of sp³-hybridized carbons (Fsp3) is 0.667. The fourth-order valence-corrected chi connectivity index (χ4v) is 3.63. The van der Waals surface area contributed by atoms with Gasteiger partial charge in [-0.3, -0.25) is 4.98 Å². The SMILES string of the molecule is O=C(O[C@H](CO)C(F)(F)F)N1CCC2(CCC(c3ccc(F)cn3)CO2)CC1. The van der Waals surface area contributed by atoms with Crippen LogP contribution in [0, 0.1) is 5.82 Å². The maximum absolute atomic E-state index is 13.0. The van der Waals surface area contributed by atoms with Gasteiger partial charge in [-0.2, -0.15) is 13.2 Å². The summed E-state index contributed by atoms with van der Waals surface area (Å²) >= 11 is 0. The van der Waals surface area contributed by atoms with Crippen molar-refractivity contribution >= 4 is 6.09 Å². The van der Waals surface area contributed by atoms with Gasteiger partial charge in [0.1, 0.15) is 5.82 Å². The maximum Gasteiger partial charge on any atom is 0.427 e. The number of ether oxygens (including phenoxy) is 2. The molecule has 1 spiro atoms. The second-order valence-electron chi connectivity index (χ2n) is 7.21. The molecule has 2 aliphatic heterocycles. The number of alkyl halides is 3. The highest BCUT2D eigenvalue weighted by Gasteiger charge is 2.45. The molecule has 0 bridgehead atoms. The Morgan fingerprint density at radius 1 is 1.36 bits per heavy atom. The summed E-state index contributed by atoms with van der Waals surface area (Å²) in [4.78, 5) is 17.3. The summed E-state index contributed by atoms with van der Waals surface area (Å²) in [6.45, 7) is -0.457. The van der Waals surface area contributed by atoms with Crippen molar-refractivity contribution in [3.05, 3.63) is 29.8 Å². The lowest BCUT2D eigenvalue weighted by Gasteiger charge is -2.45. The van der Waals surface area contributed by atoms with E-state index in [1.807, 2.05) is 0 Å². The minimum atomic E-state index is -4.81. The summed E-state index contributed by atoms with van der Waals surface area (Å²) in [7, 11) is 0. The summed E-state index contributed by atoms with van der Waals surface area (Å²) in [6, 6.07) is 3.00. The predicted molar refractivity (Wildman–Crippen MR) is 89.1 cm³/mol. The third kappa shape index (κ3) is 4.72. The number of likely N-dealkylation sites (tertiary alicyclic amines) is 1. The zero-order valence-electron chi connectivity index (χ0n) is 15.1. The minimum Gasteiger partial charge on any atom is -0.434 e. The number of aromatic nitrogens is 1. The first-order valence-corrected chi connectivity index (χ1v) is 9.11. The number of rotatable bonds is 3. The number of hydrogen-bond donors (Lipinski definition) is 1. The number of aliphatic hydroxyl groups excluding tert-OH is 1. The molecule has 0 aliphatic carbocycles. The van der Waals surface area contributed by atoms with Crippen LogP contribution in [0.2, 0.25) is 0 Å². The Balaban J connectivity index is 1.50. The van der Waals surface area contributed by atoms with Crippen molar-refractivity contribution in [3.63, 3.8) is 0 Å². The molecule has 0 saturated carbocycles. The van der Waals surface area contributed by atoms with Crippen LogP contribution < -0.4 is 0 Å². The molecular formula is C18H22F4N2O4. The molecule has 2 aliphatic rings. The van der Waals surface area contributed by atoms with Crippen molar-refractivity contribution in [1.82, 2.24) is 9.88 Å². The van der Waals surface area contributed by atoms with E-state index in [0.717, 1.165) is 18.5 Å². The Kier molecular flexibility index (Phi) is 6.09. The molecule has 3 heterocycles. The number of pyridine rings is 1. The highest BCUT2D eigenvalue weighted by Crippen LogP contribution is 2.39. The van der Waals surface area contributed by atoms with Crippen LogP contribution in [0.4, 0.5) is 22.4 Å². The van der Waals surface area contributed by atoms with Crippen LogP contribution in [0.25, 0.3) is 0 Å². The van der Waals surface area contributed by atoms with E-state index in [2.05, 4.69) is 9.72 Å². The van der Waals surface area contributed by atoms with Crippen molar-refractivity contribution in [2.75, 3.05) is 26.3 Å². The lowest BCUT2D eigenvalue weighted by molar-refractivity contribution is -0.215. The molecule has 6 nitrogen and oxygen atoms in total. The van der Waals surface area contributed by atoms with Crippen molar-refractivity contribution in [3.8, 4) is 0 Å². The van der Waals surface area contributed by atoms with E-state index in [1.54, 1.807) is 6.07 Å². The Hall–Kier alpha value is -1.94. The van der Waals surface area contributed by atoms with Crippen molar-refractivity contribution in [2.45, 2.75) is 49.5 Å². The zero-order chi connectivity index (χ0) is 20.4. The molecular weight excluding hydrogens is 384 g/mol. The van der Waals surface area contributed by atoms with Crippen LogP contribution in [-0.2, 0) is 9.47 Å². The highest BCUT2D eigenvalue weighted by molar-refractivity contribution is 5.68. The van der Waals surface area contributed by atoms with Crippen molar-refractivity contribution < 1.29 is 36.9 Å². The topological polar surface area (TPSA) is 71.9 Å². The van der Waals surface area contributed by atoms with Gasteiger partial charge in [0.2, 0.25) is 6.10 Å². The largest absolute Gasteiger partial charge is 0.434 e. The Morgan fingerprint density at radius 2 is 2.07 bits per heavy atom. The summed E-state index contributed by atoms with van der Waals surface area (Å²) in [5.41, 5.74) is 0.340. The third-order valence-electron chi connectivity index (χ3n) is 5.41. The minimum absolute atomic E-state index is 0.0614. The lowest BCUT2D eigenvalue weighted by Crippen LogP contribution is -2.51. The Morgan fingerprint density at radius 3 is 2.57 bits per heavy atom. The molecule has 156 valence electrons. The van der Waals surface area contributed by atoms with E-state index < -0.39 is 36.4 Å². The zero-order valence-corrected chi connectivity index (χ0v) is 15.1. The van der Waals surface area contributed by atoms with Gasteiger partial charge in [-0.25, -0.2) is 9.18 Å². The molecule has 1 aromatic rings. The van der Waals surface area contributed by atoms with Crippen LogP contribution in [0.3, 0.4) is 0 Å². The Labute approximate surface area is 159 Å². The predicted octanol–water partition coefficient (Wildman–Crippen LogP) is 3.01. The first kappa shape index (κ1) is 20.8. The molecule has 10 heteroatoms. The summed E-state index contributed by atoms with van der Waals surface area (Å²) < 4.78 is 61.3. The number of amides is 1. The normalized spacial score (nSPS) is 23.5. The van der Waals surface area contributed by atoms with E-state index in [9.17, 15) is 22.4 Å². The molecule has 2 saturated heterocycles. The van der Waals surface area contributed by atoms with Gasteiger partial charge in [0.15, 0.2) is 0 Å². The maximum atomic E-state index is 13.0. The van der Waals surface area contributed by atoms with Crippen molar-refractivity contribution in [1.29, 1.82) is 0 Å². The molecule has 1 unspecified atom stereocenters. The Bertz CT molecular complexity index is 665. The smallest absolute Gasteiger partial charge is 0.427 e. The number of carbonyl (C=O) groups is 1. The molecule has 0 aromatic carbocycles. The van der Waals surface area contributed by atoms with Gasteiger partial charge >= 0.3 is 12.3 Å². The number of aliphatic hydroxyl groups is 1. The standard InChI is InChI=1S/C18H22F4N2O4/c19-13-1-2-14(23-9-13)12-3-4-17(27-11-12)5-7-24(8-6-17)16(26)28-15(10-25)18(20,21)22/h1-2,9,12,15,25H,3-8,10-11H2/t12?,15-/m1/s1. The van der Waals surface area contributed by atoms with Crippen LogP contribution in [0.1, 0.15) is 37.3 Å². The molecule has 1 amide bonds. The van der Waals surface area contributed by atoms with E-state index in [4.69, 9.17) is 9.84 Å². The van der Waals surface area contributed by atoms with E-state index in [0.29, 0.717) is 19.4 Å². The molecule has 1 aromatic heterocycles. The van der Waals surface area contributed by atoms with Gasteiger partial charge in [-0.05, 0) is 37.8 Å². The second kappa shape index (κ2) is 8.20. The van der Waals surface area contributed by atoms with E-state index >= 15 is 0 Å². The highest BCUT2D eigenvalue weighted by atomic mass is 19.4. The third-order valence-corrected chi connectivity index (χ3v) is 5.41. The van der Waals surface area contributed by atoms with E-state index in [-0.39, 0.29) is 19.0 Å². The number of hydrogen-bond acceptors (Lipinski definition) is 5. The molecule has 0 radical (unpaired) electrons. The average Bonchev–Trinajstić information content (AvgIpc) is 2.67. The second-order valence-corrected chi connectivity index (χ2v) is 7.21. The summed E-state index contributed by atoms with van der Waals surface area (Å²) in [5.74, 6) is -0.337. The quantitative estimate of drug-likeness (QED) is 0.782. The monoisotopic (exact) mass is 406 g/mol. The van der Waals surface area contributed by atoms with Gasteiger partial charge in [-0.1, -0.05) is 0 Å².